The van der Waals surface area contributed by atoms with Crippen LogP contribution in [-0.4, -0.2) is 42.4 Å². The van der Waals surface area contributed by atoms with Crippen molar-refractivity contribution in [2.75, 3.05) is 12.3 Å². The minimum atomic E-state index is -0.609. The van der Waals surface area contributed by atoms with Gasteiger partial charge in [-0.3, -0.25) is 0 Å². The number of hydrogen-bond donors (Lipinski definition) is 3. The average molecular weight is 270 g/mol. The van der Waals surface area contributed by atoms with E-state index in [1.807, 2.05) is 0 Å². The quantitative estimate of drug-likeness (QED) is 0.661. The SMILES string of the molecule is Nc1nc(Cl)c2ncn([C@@H]3C[C@H](CO)[C@H]3O)c2n1. The van der Waals surface area contributed by atoms with Crippen molar-refractivity contribution >= 4 is 28.7 Å². The smallest absolute Gasteiger partial charge is 0.223 e. The Morgan fingerprint density at radius 1 is 1.50 bits per heavy atom. The molecule has 2 aromatic rings. The Morgan fingerprint density at radius 3 is 2.94 bits per heavy atom. The van der Waals surface area contributed by atoms with Gasteiger partial charge in [-0.2, -0.15) is 9.97 Å². The lowest BCUT2D eigenvalue weighted by Gasteiger charge is -2.40. The van der Waals surface area contributed by atoms with Crippen LogP contribution in [0.15, 0.2) is 6.33 Å². The highest BCUT2D eigenvalue weighted by Gasteiger charge is 2.41. The number of anilines is 1. The number of aromatic nitrogens is 4. The summed E-state index contributed by atoms with van der Waals surface area (Å²) in [6, 6.07) is -0.155. The minimum Gasteiger partial charge on any atom is -0.396 e. The summed E-state index contributed by atoms with van der Waals surface area (Å²) in [5.74, 6) is -0.0242. The Bertz CT molecular complexity index is 601. The van der Waals surface area contributed by atoms with E-state index in [2.05, 4.69) is 15.0 Å². The van der Waals surface area contributed by atoms with Gasteiger partial charge in [-0.15, -0.1) is 0 Å². The van der Waals surface area contributed by atoms with E-state index in [4.69, 9.17) is 22.4 Å². The summed E-state index contributed by atoms with van der Waals surface area (Å²) in [5, 5.41) is 19.1. The molecular weight excluding hydrogens is 258 g/mol. The Hall–Kier alpha value is -1.44. The maximum absolute atomic E-state index is 9.92. The minimum absolute atomic E-state index is 0.0256. The number of fused-ring (bicyclic) bond motifs is 1. The van der Waals surface area contributed by atoms with Crippen molar-refractivity contribution in [3.05, 3.63) is 11.5 Å². The fraction of sp³-hybridized carbons (Fsp3) is 0.500. The maximum Gasteiger partial charge on any atom is 0.223 e. The predicted molar refractivity (Wildman–Crippen MR) is 65.0 cm³/mol. The van der Waals surface area contributed by atoms with E-state index in [9.17, 15) is 5.11 Å². The van der Waals surface area contributed by atoms with Gasteiger partial charge in [0.15, 0.2) is 10.8 Å². The van der Waals surface area contributed by atoms with Crippen molar-refractivity contribution in [2.24, 2.45) is 5.92 Å². The molecule has 0 saturated heterocycles. The average Bonchev–Trinajstić information content (AvgIpc) is 2.72. The number of hydrogen-bond acceptors (Lipinski definition) is 6. The molecule has 3 rings (SSSR count). The normalized spacial score (nSPS) is 27.4. The Balaban J connectivity index is 2.04. The standard InChI is InChI=1S/C10H12ClN5O2/c11-8-6-9(15-10(12)14-8)16(3-13-6)5-1-4(2-17)7(5)18/h3-5,7,17-18H,1-2H2,(H2,12,14,15)/t4-,5-,7-/m1/s1. The molecule has 1 aliphatic carbocycles. The summed E-state index contributed by atoms with van der Waals surface area (Å²) in [6.07, 6.45) is 1.62. The highest BCUT2D eigenvalue weighted by Crippen LogP contribution is 2.39. The van der Waals surface area contributed by atoms with Crippen LogP contribution < -0.4 is 5.73 Å². The second-order valence-electron chi connectivity index (χ2n) is 4.43. The second kappa shape index (κ2) is 4.04. The van der Waals surface area contributed by atoms with E-state index in [0.717, 1.165) is 0 Å². The third-order valence-electron chi connectivity index (χ3n) is 3.41. The summed E-state index contributed by atoms with van der Waals surface area (Å²) >= 11 is 5.92. The van der Waals surface area contributed by atoms with E-state index >= 15 is 0 Å². The molecule has 0 amide bonds. The van der Waals surface area contributed by atoms with Crippen molar-refractivity contribution in [3.63, 3.8) is 0 Å². The summed E-state index contributed by atoms with van der Waals surface area (Å²) in [5.41, 5.74) is 6.52. The summed E-state index contributed by atoms with van der Waals surface area (Å²) in [7, 11) is 0. The lowest BCUT2D eigenvalue weighted by atomic mass is 9.77. The lowest BCUT2D eigenvalue weighted by Crippen LogP contribution is -2.44. The Kier molecular flexibility index (Phi) is 2.61. The Labute approximate surface area is 107 Å². The van der Waals surface area contributed by atoms with E-state index in [-0.39, 0.29) is 29.7 Å². The molecule has 0 aliphatic heterocycles. The summed E-state index contributed by atoms with van der Waals surface area (Å²) < 4.78 is 1.73. The molecule has 1 aliphatic rings. The van der Waals surface area contributed by atoms with Gasteiger partial charge in [-0.25, -0.2) is 4.98 Å². The van der Waals surface area contributed by atoms with E-state index in [1.165, 1.54) is 0 Å². The molecule has 0 bridgehead atoms. The van der Waals surface area contributed by atoms with Crippen LogP contribution in [0.5, 0.6) is 0 Å². The molecule has 0 radical (unpaired) electrons. The third kappa shape index (κ3) is 1.55. The van der Waals surface area contributed by atoms with Crippen LogP contribution in [0.3, 0.4) is 0 Å². The van der Waals surface area contributed by atoms with E-state index in [0.29, 0.717) is 17.6 Å². The van der Waals surface area contributed by atoms with Crippen molar-refractivity contribution in [2.45, 2.75) is 18.6 Å². The van der Waals surface area contributed by atoms with Gasteiger partial charge in [0.2, 0.25) is 5.95 Å². The first-order valence-electron chi connectivity index (χ1n) is 5.56. The number of nitrogen functional groups attached to an aromatic ring is 1. The van der Waals surface area contributed by atoms with Crippen LogP contribution in [0.1, 0.15) is 12.5 Å². The van der Waals surface area contributed by atoms with Crippen molar-refractivity contribution in [1.82, 2.24) is 19.5 Å². The molecule has 18 heavy (non-hydrogen) atoms. The molecule has 4 N–H and O–H groups in total. The molecule has 2 aromatic heterocycles. The van der Waals surface area contributed by atoms with Crippen LogP contribution in [-0.2, 0) is 0 Å². The fourth-order valence-electron chi connectivity index (χ4n) is 2.31. The van der Waals surface area contributed by atoms with Crippen LogP contribution in [0.2, 0.25) is 5.15 Å². The topological polar surface area (TPSA) is 110 Å². The predicted octanol–water partition coefficient (Wildman–Crippen LogP) is -0.0239. The molecule has 0 unspecified atom stereocenters. The van der Waals surface area contributed by atoms with Crippen LogP contribution in [0, 0.1) is 5.92 Å². The summed E-state index contributed by atoms with van der Waals surface area (Å²) in [4.78, 5) is 12.0. The number of nitrogens with zero attached hydrogens (tertiary/aromatic N) is 4. The first-order chi connectivity index (χ1) is 8.61. The number of aliphatic hydroxyl groups excluding tert-OH is 2. The monoisotopic (exact) mass is 269 g/mol. The van der Waals surface area contributed by atoms with Crippen molar-refractivity contribution < 1.29 is 10.2 Å². The highest BCUT2D eigenvalue weighted by atomic mass is 35.5. The molecule has 3 atom stereocenters. The molecule has 7 nitrogen and oxygen atoms in total. The number of imidazole rings is 1. The largest absolute Gasteiger partial charge is 0.396 e. The molecule has 1 fully saturated rings. The first-order valence-corrected chi connectivity index (χ1v) is 5.94. The zero-order valence-corrected chi connectivity index (χ0v) is 10.1. The zero-order chi connectivity index (χ0) is 12.9. The van der Waals surface area contributed by atoms with E-state index < -0.39 is 6.10 Å². The molecule has 8 heteroatoms. The van der Waals surface area contributed by atoms with Crippen LogP contribution >= 0.6 is 11.6 Å². The van der Waals surface area contributed by atoms with Gasteiger partial charge in [0.05, 0.1) is 18.5 Å². The third-order valence-corrected chi connectivity index (χ3v) is 3.67. The van der Waals surface area contributed by atoms with Gasteiger partial charge >= 0.3 is 0 Å². The van der Waals surface area contributed by atoms with Crippen LogP contribution in [0.25, 0.3) is 11.2 Å². The van der Waals surface area contributed by atoms with Crippen molar-refractivity contribution in [1.29, 1.82) is 0 Å². The molecule has 96 valence electrons. The number of halogens is 1. The van der Waals surface area contributed by atoms with Gasteiger partial charge in [-0.05, 0) is 6.42 Å². The van der Waals surface area contributed by atoms with Gasteiger partial charge < -0.3 is 20.5 Å². The number of rotatable bonds is 2. The zero-order valence-electron chi connectivity index (χ0n) is 9.36. The van der Waals surface area contributed by atoms with Gasteiger partial charge in [0, 0.05) is 12.5 Å². The second-order valence-corrected chi connectivity index (χ2v) is 4.79. The lowest BCUT2D eigenvalue weighted by molar-refractivity contribution is -0.0550. The molecule has 0 spiro atoms. The van der Waals surface area contributed by atoms with Gasteiger partial charge in [0.1, 0.15) is 5.52 Å². The first kappa shape index (κ1) is 11.6. The molecule has 0 aromatic carbocycles. The fourth-order valence-corrected chi connectivity index (χ4v) is 2.53. The highest BCUT2D eigenvalue weighted by molar-refractivity contribution is 6.33. The molecular formula is C10H12ClN5O2. The number of aliphatic hydroxyl groups is 2. The summed E-state index contributed by atoms with van der Waals surface area (Å²) in [6.45, 7) is -0.0256. The molecule has 1 saturated carbocycles. The number of nitrogens with two attached hydrogens (primary N) is 1. The molecule has 2 heterocycles. The van der Waals surface area contributed by atoms with Crippen molar-refractivity contribution in [3.8, 4) is 0 Å². The van der Waals surface area contributed by atoms with E-state index in [1.54, 1.807) is 10.9 Å². The van der Waals surface area contributed by atoms with Gasteiger partial charge in [0.25, 0.3) is 0 Å². The van der Waals surface area contributed by atoms with Crippen LogP contribution in [0.4, 0.5) is 5.95 Å². The maximum atomic E-state index is 9.92. The Morgan fingerprint density at radius 2 is 2.28 bits per heavy atom. The van der Waals surface area contributed by atoms with Gasteiger partial charge in [-0.1, -0.05) is 11.6 Å².